The lowest BCUT2D eigenvalue weighted by Gasteiger charge is -2.05. The summed E-state index contributed by atoms with van der Waals surface area (Å²) in [7, 11) is 0. The second-order valence-electron chi connectivity index (χ2n) is 4.15. The molecular formula is C12H24OS. The molecule has 84 valence electrons. The summed E-state index contributed by atoms with van der Waals surface area (Å²) in [6, 6.07) is 0. The van der Waals surface area contributed by atoms with Crippen LogP contribution in [0.1, 0.15) is 65.2 Å². The van der Waals surface area contributed by atoms with E-state index >= 15 is 0 Å². The first-order valence-electron chi connectivity index (χ1n) is 5.91. The molecule has 0 amide bonds. The van der Waals surface area contributed by atoms with Gasteiger partial charge in [-0.2, -0.15) is 0 Å². The molecule has 0 aliphatic rings. The third-order valence-electron chi connectivity index (χ3n) is 2.66. The minimum atomic E-state index is 0.0379. The molecule has 0 aromatic rings. The van der Waals surface area contributed by atoms with E-state index in [1.54, 1.807) is 0 Å². The maximum Gasteiger partial charge on any atom is 0.188 e. The Balaban J connectivity index is 3.09. The highest BCUT2D eigenvalue weighted by Crippen LogP contribution is 2.13. The molecular weight excluding hydrogens is 192 g/mol. The molecule has 14 heavy (non-hydrogen) atoms. The van der Waals surface area contributed by atoms with Crippen molar-refractivity contribution >= 4 is 17.7 Å². The van der Waals surface area contributed by atoms with E-state index < -0.39 is 0 Å². The third kappa shape index (κ3) is 8.61. The molecule has 0 rings (SSSR count). The van der Waals surface area contributed by atoms with Crippen molar-refractivity contribution in [3.05, 3.63) is 0 Å². The summed E-state index contributed by atoms with van der Waals surface area (Å²) in [6.45, 7) is 4.20. The normalized spacial score (nSPS) is 12.8. The molecule has 0 spiro atoms. The van der Waals surface area contributed by atoms with Gasteiger partial charge in [0.1, 0.15) is 0 Å². The number of hydrogen-bond acceptors (Lipinski definition) is 1. The van der Waals surface area contributed by atoms with Crippen molar-refractivity contribution in [3.8, 4) is 0 Å². The monoisotopic (exact) mass is 216 g/mol. The standard InChI is InChI=1S/C12H24OS/c1-3-4-5-6-7-8-9-10-11(2)12(13)14/h11H,3-10H2,1-2H3,(H,13,14). The van der Waals surface area contributed by atoms with Crippen LogP contribution in [0.2, 0.25) is 0 Å². The molecule has 0 aromatic carbocycles. The van der Waals surface area contributed by atoms with Gasteiger partial charge in [-0.3, -0.25) is 4.79 Å². The third-order valence-corrected chi connectivity index (χ3v) is 3.10. The van der Waals surface area contributed by atoms with Crippen LogP contribution in [0, 0.1) is 5.92 Å². The van der Waals surface area contributed by atoms with Gasteiger partial charge in [-0.05, 0) is 6.42 Å². The summed E-state index contributed by atoms with van der Waals surface area (Å²) in [6.07, 6.45) is 10.2. The van der Waals surface area contributed by atoms with Gasteiger partial charge in [-0.15, -0.1) is 12.6 Å². The van der Waals surface area contributed by atoms with Crippen LogP contribution in [0.4, 0.5) is 0 Å². The molecule has 0 heterocycles. The van der Waals surface area contributed by atoms with E-state index in [4.69, 9.17) is 0 Å². The fraction of sp³-hybridized carbons (Fsp3) is 0.917. The molecule has 0 saturated carbocycles. The Morgan fingerprint density at radius 3 is 2.07 bits per heavy atom. The van der Waals surface area contributed by atoms with Gasteiger partial charge in [0.15, 0.2) is 5.12 Å². The summed E-state index contributed by atoms with van der Waals surface area (Å²) in [5.41, 5.74) is 0. The first-order chi connectivity index (χ1) is 6.68. The predicted molar refractivity (Wildman–Crippen MR) is 65.8 cm³/mol. The van der Waals surface area contributed by atoms with Gasteiger partial charge in [0.2, 0.25) is 0 Å². The van der Waals surface area contributed by atoms with E-state index in [0.29, 0.717) is 0 Å². The quantitative estimate of drug-likeness (QED) is 0.451. The van der Waals surface area contributed by atoms with Crippen molar-refractivity contribution in [2.75, 3.05) is 0 Å². The van der Waals surface area contributed by atoms with Gasteiger partial charge in [0.25, 0.3) is 0 Å². The van der Waals surface area contributed by atoms with Crippen molar-refractivity contribution in [2.24, 2.45) is 5.92 Å². The maximum atomic E-state index is 10.8. The van der Waals surface area contributed by atoms with Gasteiger partial charge in [-0.25, -0.2) is 0 Å². The van der Waals surface area contributed by atoms with Crippen LogP contribution in [0.15, 0.2) is 0 Å². The molecule has 0 saturated heterocycles. The van der Waals surface area contributed by atoms with Crippen LogP contribution < -0.4 is 0 Å². The smallest absolute Gasteiger partial charge is 0.188 e. The van der Waals surface area contributed by atoms with E-state index in [0.717, 1.165) is 6.42 Å². The van der Waals surface area contributed by atoms with Gasteiger partial charge < -0.3 is 0 Å². The zero-order chi connectivity index (χ0) is 10.8. The van der Waals surface area contributed by atoms with Gasteiger partial charge in [0, 0.05) is 5.92 Å². The molecule has 1 atom stereocenters. The number of rotatable bonds is 9. The Labute approximate surface area is 94.1 Å². The van der Waals surface area contributed by atoms with Gasteiger partial charge in [0.05, 0.1) is 0 Å². The zero-order valence-electron chi connectivity index (χ0n) is 9.59. The second-order valence-corrected chi connectivity index (χ2v) is 4.59. The lowest BCUT2D eigenvalue weighted by Crippen LogP contribution is -2.03. The Hall–Kier alpha value is 0.0200. The Morgan fingerprint density at radius 2 is 1.57 bits per heavy atom. The highest BCUT2D eigenvalue weighted by atomic mass is 32.1. The van der Waals surface area contributed by atoms with Crippen LogP contribution in [0.3, 0.4) is 0 Å². The average Bonchev–Trinajstić information content (AvgIpc) is 2.16. The van der Waals surface area contributed by atoms with E-state index in [1.807, 2.05) is 6.92 Å². The largest absolute Gasteiger partial charge is 0.287 e. The molecule has 0 N–H and O–H groups in total. The van der Waals surface area contributed by atoms with Crippen LogP contribution in [0.5, 0.6) is 0 Å². The van der Waals surface area contributed by atoms with Gasteiger partial charge >= 0.3 is 0 Å². The molecule has 0 aromatic heterocycles. The number of unbranched alkanes of at least 4 members (excludes halogenated alkanes) is 6. The SMILES string of the molecule is CCCCCCCCCC(C)C(=O)S. The van der Waals surface area contributed by atoms with Crippen LogP contribution in [0.25, 0.3) is 0 Å². The van der Waals surface area contributed by atoms with E-state index in [1.165, 1.54) is 44.9 Å². The molecule has 1 nitrogen and oxygen atoms in total. The van der Waals surface area contributed by atoms with Crippen LogP contribution >= 0.6 is 12.6 Å². The van der Waals surface area contributed by atoms with E-state index in [2.05, 4.69) is 19.6 Å². The number of thiol groups is 1. The van der Waals surface area contributed by atoms with Crippen LogP contribution in [-0.2, 0) is 4.79 Å². The van der Waals surface area contributed by atoms with Crippen LogP contribution in [-0.4, -0.2) is 5.12 Å². The molecule has 0 bridgehead atoms. The summed E-state index contributed by atoms with van der Waals surface area (Å²) < 4.78 is 0. The van der Waals surface area contributed by atoms with Gasteiger partial charge in [-0.1, -0.05) is 58.8 Å². The minimum absolute atomic E-state index is 0.0379. The molecule has 0 aliphatic carbocycles. The lowest BCUT2D eigenvalue weighted by molar-refractivity contribution is -0.113. The van der Waals surface area contributed by atoms with E-state index in [-0.39, 0.29) is 11.0 Å². The minimum Gasteiger partial charge on any atom is -0.287 e. The van der Waals surface area contributed by atoms with Crippen molar-refractivity contribution in [1.82, 2.24) is 0 Å². The molecule has 0 fully saturated rings. The van der Waals surface area contributed by atoms with Crippen molar-refractivity contribution in [3.63, 3.8) is 0 Å². The predicted octanol–water partition coefficient (Wildman–Crippen LogP) is 4.22. The summed E-state index contributed by atoms with van der Waals surface area (Å²) >= 11 is 3.83. The summed E-state index contributed by atoms with van der Waals surface area (Å²) in [5.74, 6) is 0.147. The number of hydrogen-bond donors (Lipinski definition) is 1. The maximum absolute atomic E-state index is 10.8. The average molecular weight is 216 g/mol. The summed E-state index contributed by atoms with van der Waals surface area (Å²) in [5, 5.41) is 0.0379. The molecule has 0 aliphatic heterocycles. The second kappa shape index (κ2) is 9.57. The number of carbonyl (C=O) groups is 1. The first-order valence-corrected chi connectivity index (χ1v) is 6.36. The van der Waals surface area contributed by atoms with Crippen molar-refractivity contribution in [2.45, 2.75) is 65.2 Å². The first kappa shape index (κ1) is 14.0. The zero-order valence-corrected chi connectivity index (χ0v) is 10.5. The highest BCUT2D eigenvalue weighted by Gasteiger charge is 2.06. The topological polar surface area (TPSA) is 17.1 Å². The van der Waals surface area contributed by atoms with Crippen molar-refractivity contribution < 1.29 is 4.79 Å². The fourth-order valence-corrected chi connectivity index (χ4v) is 1.66. The Bertz CT molecular complexity index is 145. The fourth-order valence-electron chi connectivity index (χ4n) is 1.53. The Morgan fingerprint density at radius 1 is 1.07 bits per heavy atom. The molecule has 1 unspecified atom stereocenters. The summed E-state index contributed by atoms with van der Waals surface area (Å²) in [4.78, 5) is 10.8. The van der Waals surface area contributed by atoms with E-state index in [9.17, 15) is 4.79 Å². The molecule has 0 radical (unpaired) electrons. The lowest BCUT2D eigenvalue weighted by atomic mass is 10.0. The Kier molecular flexibility index (Phi) is 9.58. The number of carbonyl (C=O) groups excluding carboxylic acids is 1. The molecule has 2 heteroatoms. The highest BCUT2D eigenvalue weighted by molar-refractivity contribution is 7.96. The van der Waals surface area contributed by atoms with Crippen molar-refractivity contribution in [1.29, 1.82) is 0 Å².